The molecule has 0 aliphatic carbocycles. The molecule has 31 heavy (non-hydrogen) atoms. The largest absolute Gasteiger partial charge is 0.420 e. The lowest BCUT2D eigenvalue weighted by atomic mass is 10.1. The number of fused-ring (bicyclic) bond motifs is 1. The third-order valence-electron chi connectivity index (χ3n) is 5.42. The van der Waals surface area contributed by atoms with E-state index in [0.29, 0.717) is 18.7 Å². The molecule has 1 amide bonds. The molecule has 4 aromatic heterocycles. The molecule has 1 aliphatic rings. The molecule has 5 rings (SSSR count). The van der Waals surface area contributed by atoms with Crippen molar-refractivity contribution in [1.29, 1.82) is 0 Å². The van der Waals surface area contributed by atoms with E-state index in [4.69, 9.17) is 11.6 Å². The molecular weight excluding hydrogens is 451 g/mol. The van der Waals surface area contributed by atoms with Crippen molar-refractivity contribution in [2.45, 2.75) is 18.5 Å². The average molecular weight is 466 g/mol. The number of carbonyl (C=O) groups excluding carboxylic acids is 1. The first-order valence-electron chi connectivity index (χ1n) is 9.43. The van der Waals surface area contributed by atoms with Crippen LogP contribution in [0.3, 0.4) is 0 Å². The third kappa shape index (κ3) is 3.49. The molecule has 6 nitrogen and oxygen atoms in total. The van der Waals surface area contributed by atoms with E-state index >= 15 is 0 Å². The molecule has 0 aromatic carbocycles. The third-order valence-corrected chi connectivity index (χ3v) is 6.82. The van der Waals surface area contributed by atoms with Crippen LogP contribution in [0.1, 0.15) is 33.3 Å². The van der Waals surface area contributed by atoms with Crippen molar-refractivity contribution in [3.8, 4) is 11.1 Å². The molecule has 0 saturated carbocycles. The molecule has 1 aliphatic heterocycles. The average Bonchev–Trinajstić information content (AvgIpc) is 3.53. The minimum atomic E-state index is -4.67. The highest BCUT2D eigenvalue weighted by Gasteiger charge is 2.37. The number of aromatic amines is 1. The van der Waals surface area contributed by atoms with Crippen LogP contribution in [0.25, 0.3) is 16.8 Å². The summed E-state index contributed by atoms with van der Waals surface area (Å²) in [5.74, 6) is -0.260. The van der Waals surface area contributed by atoms with Gasteiger partial charge in [-0.1, -0.05) is 17.7 Å². The van der Waals surface area contributed by atoms with E-state index in [2.05, 4.69) is 15.2 Å². The number of aromatic nitrogens is 4. The van der Waals surface area contributed by atoms with E-state index in [1.165, 1.54) is 23.5 Å². The standard InChI is InChI=1S/C20H15ClF3N5OS/c21-17-16(19(30)28-4-3-11(9-28)15-2-1-5-31-15)27-18-14(20(22,23)24)6-12(10-29(17)18)13-7-25-26-8-13/h1-2,5-8,10-11H,3-4,9H2,(H,25,26). The SMILES string of the molecule is O=C(c1nc2c(C(F)(F)F)cc(-c3cn[nH]c3)cn2c1Cl)N1CCC(c2cccs2)C1. The Hall–Kier alpha value is -2.85. The summed E-state index contributed by atoms with van der Waals surface area (Å²) in [4.78, 5) is 19.9. The predicted molar refractivity (Wildman–Crippen MR) is 110 cm³/mol. The van der Waals surface area contributed by atoms with Gasteiger partial charge in [-0.2, -0.15) is 18.3 Å². The Morgan fingerprint density at radius 2 is 2.16 bits per heavy atom. The van der Waals surface area contributed by atoms with E-state index in [-0.39, 0.29) is 22.3 Å². The van der Waals surface area contributed by atoms with Crippen LogP contribution in [0.15, 0.2) is 42.2 Å². The van der Waals surface area contributed by atoms with Gasteiger partial charge in [-0.25, -0.2) is 4.98 Å². The summed E-state index contributed by atoms with van der Waals surface area (Å²) in [7, 11) is 0. The molecule has 1 atom stereocenters. The molecule has 1 N–H and O–H groups in total. The van der Waals surface area contributed by atoms with Crippen molar-refractivity contribution in [1.82, 2.24) is 24.5 Å². The Morgan fingerprint density at radius 1 is 1.32 bits per heavy atom. The van der Waals surface area contributed by atoms with Gasteiger partial charge in [-0.15, -0.1) is 11.3 Å². The predicted octanol–water partition coefficient (Wildman–Crippen LogP) is 5.09. The number of likely N-dealkylation sites (tertiary alicyclic amines) is 1. The Bertz CT molecular complexity index is 1250. The molecule has 11 heteroatoms. The van der Waals surface area contributed by atoms with Crippen molar-refractivity contribution >= 4 is 34.5 Å². The smallest absolute Gasteiger partial charge is 0.337 e. The number of nitrogens with zero attached hydrogens (tertiary/aromatic N) is 4. The zero-order valence-corrected chi connectivity index (χ0v) is 17.4. The summed E-state index contributed by atoms with van der Waals surface area (Å²) >= 11 is 8.01. The van der Waals surface area contributed by atoms with E-state index in [9.17, 15) is 18.0 Å². The van der Waals surface area contributed by atoms with Gasteiger partial charge in [0, 0.05) is 47.4 Å². The number of alkyl halides is 3. The number of hydrogen-bond donors (Lipinski definition) is 1. The Kier molecular flexibility index (Phi) is 4.78. The molecular formula is C20H15ClF3N5OS. The summed E-state index contributed by atoms with van der Waals surface area (Å²) in [6.07, 6.45) is 0.434. The number of rotatable bonds is 3. The molecule has 1 saturated heterocycles. The van der Waals surface area contributed by atoms with E-state index < -0.39 is 23.3 Å². The molecule has 0 spiro atoms. The molecule has 0 radical (unpaired) electrons. The summed E-state index contributed by atoms with van der Waals surface area (Å²) < 4.78 is 42.4. The van der Waals surface area contributed by atoms with Crippen LogP contribution < -0.4 is 0 Å². The number of nitrogens with one attached hydrogen (secondary N) is 1. The lowest BCUT2D eigenvalue weighted by Gasteiger charge is -2.15. The minimum Gasteiger partial charge on any atom is -0.337 e. The maximum Gasteiger partial charge on any atom is 0.420 e. The normalized spacial score (nSPS) is 17.0. The van der Waals surface area contributed by atoms with Gasteiger partial charge in [0.2, 0.25) is 0 Å². The Labute approximate surface area is 183 Å². The van der Waals surface area contributed by atoms with Crippen LogP contribution in [-0.2, 0) is 6.18 Å². The molecule has 160 valence electrons. The molecule has 0 bridgehead atoms. The van der Waals surface area contributed by atoms with Crippen LogP contribution in [0.4, 0.5) is 13.2 Å². The van der Waals surface area contributed by atoms with Gasteiger partial charge in [0.05, 0.1) is 11.8 Å². The van der Waals surface area contributed by atoms with Crippen LogP contribution >= 0.6 is 22.9 Å². The van der Waals surface area contributed by atoms with E-state index in [1.54, 1.807) is 16.2 Å². The first kappa shape index (κ1) is 20.1. The number of H-pyrrole nitrogens is 1. The van der Waals surface area contributed by atoms with Crippen molar-refractivity contribution < 1.29 is 18.0 Å². The van der Waals surface area contributed by atoms with Crippen LogP contribution in [0.5, 0.6) is 0 Å². The van der Waals surface area contributed by atoms with E-state index in [1.807, 2.05) is 17.5 Å². The molecule has 1 fully saturated rings. The summed E-state index contributed by atoms with van der Waals surface area (Å²) in [5.41, 5.74) is -0.829. The van der Waals surface area contributed by atoms with Gasteiger partial charge in [-0.3, -0.25) is 14.3 Å². The number of hydrogen-bond acceptors (Lipinski definition) is 4. The van der Waals surface area contributed by atoms with Crippen molar-refractivity contribution in [2.24, 2.45) is 0 Å². The summed E-state index contributed by atoms with van der Waals surface area (Å²) in [5, 5.41) is 8.20. The van der Waals surface area contributed by atoms with Gasteiger partial charge in [0.25, 0.3) is 5.91 Å². The number of imidazole rings is 1. The highest BCUT2D eigenvalue weighted by atomic mass is 35.5. The quantitative estimate of drug-likeness (QED) is 0.458. The monoisotopic (exact) mass is 465 g/mol. The fourth-order valence-electron chi connectivity index (χ4n) is 3.88. The zero-order valence-electron chi connectivity index (χ0n) is 15.9. The van der Waals surface area contributed by atoms with Crippen molar-refractivity contribution in [3.63, 3.8) is 0 Å². The van der Waals surface area contributed by atoms with E-state index in [0.717, 1.165) is 16.9 Å². The molecule has 5 heterocycles. The second-order valence-corrected chi connectivity index (χ2v) is 8.66. The topological polar surface area (TPSA) is 66.3 Å². The summed E-state index contributed by atoms with van der Waals surface area (Å²) in [6.45, 7) is 0.980. The zero-order chi connectivity index (χ0) is 21.8. The van der Waals surface area contributed by atoms with Gasteiger partial charge in [-0.05, 0) is 23.9 Å². The molecule has 1 unspecified atom stereocenters. The first-order chi connectivity index (χ1) is 14.8. The molecule has 4 aromatic rings. The van der Waals surface area contributed by atoms with Crippen molar-refractivity contribution in [2.75, 3.05) is 13.1 Å². The highest BCUT2D eigenvalue weighted by molar-refractivity contribution is 7.10. The van der Waals surface area contributed by atoms with Gasteiger partial charge >= 0.3 is 6.18 Å². The fourth-order valence-corrected chi connectivity index (χ4v) is 4.99. The second kappa shape index (κ2) is 7.38. The number of carbonyl (C=O) groups is 1. The van der Waals surface area contributed by atoms with Crippen LogP contribution in [-0.4, -0.2) is 43.5 Å². The summed E-state index contributed by atoms with van der Waals surface area (Å²) in [6, 6.07) is 4.97. The van der Waals surface area contributed by atoms with Crippen LogP contribution in [0, 0.1) is 0 Å². The maximum atomic E-state index is 13.8. The van der Waals surface area contributed by atoms with Gasteiger partial charge in [0.1, 0.15) is 5.15 Å². The lowest BCUT2D eigenvalue weighted by Crippen LogP contribution is -2.29. The number of halogens is 4. The Morgan fingerprint density at radius 3 is 2.84 bits per heavy atom. The second-order valence-electron chi connectivity index (χ2n) is 7.32. The fraction of sp³-hybridized carbons (Fsp3) is 0.250. The first-order valence-corrected chi connectivity index (χ1v) is 10.7. The van der Waals surface area contributed by atoms with Crippen LogP contribution in [0.2, 0.25) is 5.15 Å². The minimum absolute atomic E-state index is 0.143. The van der Waals surface area contributed by atoms with Gasteiger partial charge < -0.3 is 4.90 Å². The Balaban J connectivity index is 1.56. The number of amides is 1. The maximum absolute atomic E-state index is 13.8. The van der Waals surface area contributed by atoms with Crippen molar-refractivity contribution in [3.05, 3.63) is 63.5 Å². The highest BCUT2D eigenvalue weighted by Crippen LogP contribution is 2.37. The number of pyridine rings is 1. The number of thiophene rings is 1. The van der Waals surface area contributed by atoms with Gasteiger partial charge in [0.15, 0.2) is 11.3 Å². The lowest BCUT2D eigenvalue weighted by molar-refractivity contribution is -0.136.